The number of amides is 1. The van der Waals surface area contributed by atoms with E-state index >= 15 is 0 Å². The molecule has 0 spiro atoms. The molecule has 0 saturated heterocycles. The van der Waals surface area contributed by atoms with E-state index in [9.17, 15) is 4.79 Å². The molecule has 2 aromatic carbocycles. The summed E-state index contributed by atoms with van der Waals surface area (Å²) in [5.41, 5.74) is 3.10. The van der Waals surface area contributed by atoms with E-state index in [0.717, 1.165) is 17.8 Å². The molecule has 0 fully saturated rings. The quantitative estimate of drug-likeness (QED) is 0.328. The normalized spacial score (nSPS) is 12.2. The van der Waals surface area contributed by atoms with E-state index in [1.807, 2.05) is 30.3 Å². The van der Waals surface area contributed by atoms with Gasteiger partial charge in [-0.15, -0.1) is 0 Å². The summed E-state index contributed by atoms with van der Waals surface area (Å²) in [4.78, 5) is 19.1. The number of carbonyl (C=O) groups excluding carboxylic acids is 1. The number of aromatic nitrogens is 3. The number of hydrogen-bond acceptors (Lipinski definition) is 6. The number of anilines is 1. The fourth-order valence-electron chi connectivity index (χ4n) is 3.80. The first-order valence-electron chi connectivity index (χ1n) is 10.8. The summed E-state index contributed by atoms with van der Waals surface area (Å²) in [5, 5.41) is 8.32. The maximum atomic E-state index is 12.8. The molecule has 1 N–H and O–H groups in total. The molecule has 170 valence electrons. The van der Waals surface area contributed by atoms with Crippen LogP contribution in [0.15, 0.2) is 54.7 Å². The molecule has 34 heavy (non-hydrogen) atoms. The van der Waals surface area contributed by atoms with Crippen LogP contribution >= 0.6 is 11.6 Å². The highest BCUT2D eigenvalue weighted by Crippen LogP contribution is 2.33. The van der Waals surface area contributed by atoms with Gasteiger partial charge in [-0.2, -0.15) is 9.61 Å². The fraction of sp³-hybridized carbons (Fsp3) is 0.208. The highest BCUT2D eigenvalue weighted by atomic mass is 35.5. The van der Waals surface area contributed by atoms with Crippen molar-refractivity contribution in [3.8, 4) is 22.8 Å². The van der Waals surface area contributed by atoms with Gasteiger partial charge in [-0.25, -0.2) is 4.98 Å². The van der Waals surface area contributed by atoms with Crippen LogP contribution in [0.25, 0.3) is 16.9 Å². The van der Waals surface area contributed by atoms with Gasteiger partial charge in [-0.1, -0.05) is 29.8 Å². The molecule has 3 heterocycles. The summed E-state index contributed by atoms with van der Waals surface area (Å²) < 4.78 is 12.3. The van der Waals surface area contributed by atoms with Gasteiger partial charge in [-0.05, 0) is 36.1 Å². The number of nitrogens with zero attached hydrogens (tertiary/aromatic N) is 4. The average Bonchev–Trinajstić information content (AvgIpc) is 3.47. The Morgan fingerprint density at radius 2 is 2.03 bits per heavy atom. The third kappa shape index (κ3) is 4.26. The molecule has 1 amide bonds. The van der Waals surface area contributed by atoms with Gasteiger partial charge in [0.1, 0.15) is 13.7 Å². The van der Waals surface area contributed by atoms with Gasteiger partial charge in [0.25, 0.3) is 5.91 Å². The molecule has 5 rings (SSSR count). The first-order chi connectivity index (χ1) is 16.5. The SMILES string of the molecule is [B]c1cnn2c(NCCCN(C)C(=O)c3ccc4c(c3)OCO4)cc(-c3ccccc3Cl)nc12. The van der Waals surface area contributed by atoms with E-state index in [0.29, 0.717) is 52.0 Å². The van der Waals surface area contributed by atoms with Gasteiger partial charge in [-0.3, -0.25) is 4.79 Å². The van der Waals surface area contributed by atoms with E-state index < -0.39 is 0 Å². The predicted molar refractivity (Wildman–Crippen MR) is 131 cm³/mol. The van der Waals surface area contributed by atoms with Crippen LogP contribution in [0, 0.1) is 0 Å². The molecule has 2 radical (unpaired) electrons. The summed E-state index contributed by atoms with van der Waals surface area (Å²) in [7, 11) is 7.86. The minimum absolute atomic E-state index is 0.0783. The van der Waals surface area contributed by atoms with Crippen LogP contribution < -0.4 is 20.3 Å². The average molecular weight is 474 g/mol. The number of benzene rings is 2. The van der Waals surface area contributed by atoms with Crippen molar-refractivity contribution in [3.63, 3.8) is 0 Å². The molecule has 2 aromatic heterocycles. The van der Waals surface area contributed by atoms with E-state index in [1.165, 1.54) is 0 Å². The first-order valence-corrected chi connectivity index (χ1v) is 11.2. The van der Waals surface area contributed by atoms with Crippen molar-refractivity contribution in [2.75, 3.05) is 32.2 Å². The summed E-state index contributed by atoms with van der Waals surface area (Å²) in [6, 6.07) is 14.6. The molecule has 0 atom stereocenters. The van der Waals surface area contributed by atoms with Crippen LogP contribution in [0.1, 0.15) is 16.8 Å². The third-order valence-corrected chi connectivity index (χ3v) is 5.92. The van der Waals surface area contributed by atoms with Crippen molar-refractivity contribution in [1.29, 1.82) is 0 Å². The maximum absolute atomic E-state index is 12.8. The molecule has 1 aliphatic rings. The summed E-state index contributed by atoms with van der Waals surface area (Å²) in [6.07, 6.45) is 2.29. The second-order valence-electron chi connectivity index (χ2n) is 7.92. The molecule has 8 nitrogen and oxygen atoms in total. The molecule has 0 bridgehead atoms. The number of halogens is 1. The molecule has 0 aliphatic carbocycles. The van der Waals surface area contributed by atoms with Gasteiger partial charge in [0, 0.05) is 48.5 Å². The van der Waals surface area contributed by atoms with Crippen LogP contribution in [0.2, 0.25) is 5.02 Å². The number of hydrogen-bond donors (Lipinski definition) is 1. The second-order valence-corrected chi connectivity index (χ2v) is 8.32. The smallest absolute Gasteiger partial charge is 0.253 e. The zero-order chi connectivity index (χ0) is 23.7. The van der Waals surface area contributed by atoms with Gasteiger partial charge < -0.3 is 19.7 Å². The van der Waals surface area contributed by atoms with Crippen molar-refractivity contribution < 1.29 is 14.3 Å². The zero-order valence-electron chi connectivity index (χ0n) is 18.5. The molecule has 0 unspecified atom stereocenters. The Hall–Kier alpha value is -3.72. The Balaban J connectivity index is 1.26. The maximum Gasteiger partial charge on any atom is 0.253 e. The van der Waals surface area contributed by atoms with Crippen LogP contribution in [0.5, 0.6) is 11.5 Å². The van der Waals surface area contributed by atoms with Crippen molar-refractivity contribution in [2.24, 2.45) is 0 Å². The highest BCUT2D eigenvalue weighted by molar-refractivity contribution is 6.36. The summed E-state index contributed by atoms with van der Waals surface area (Å²) in [6.45, 7) is 1.35. The Kier molecular flexibility index (Phi) is 6.02. The molecule has 0 saturated carbocycles. The lowest BCUT2D eigenvalue weighted by Gasteiger charge is -2.18. The molecule has 1 aliphatic heterocycles. The van der Waals surface area contributed by atoms with Gasteiger partial charge in [0.2, 0.25) is 6.79 Å². The number of nitrogens with one attached hydrogen (secondary N) is 1. The van der Waals surface area contributed by atoms with Crippen molar-refractivity contribution in [1.82, 2.24) is 19.5 Å². The Morgan fingerprint density at radius 1 is 1.21 bits per heavy atom. The van der Waals surface area contributed by atoms with Gasteiger partial charge in [0.15, 0.2) is 17.1 Å². The minimum Gasteiger partial charge on any atom is -0.454 e. The van der Waals surface area contributed by atoms with E-state index in [1.54, 1.807) is 40.9 Å². The fourth-order valence-corrected chi connectivity index (χ4v) is 4.03. The lowest BCUT2D eigenvalue weighted by molar-refractivity contribution is 0.0794. The molecule has 10 heteroatoms. The Labute approximate surface area is 202 Å². The lowest BCUT2D eigenvalue weighted by atomic mass is 10.0. The Bertz CT molecular complexity index is 1380. The van der Waals surface area contributed by atoms with Crippen LogP contribution in [0.3, 0.4) is 0 Å². The minimum atomic E-state index is -0.0783. The van der Waals surface area contributed by atoms with Gasteiger partial charge in [0.05, 0.1) is 5.69 Å². The largest absolute Gasteiger partial charge is 0.454 e. The second kappa shape index (κ2) is 9.27. The standard InChI is InChI=1S/C24H21BClN5O3/c1-30(24(32)15-7-8-20-21(11-15)34-14-33-20)10-4-9-27-22-12-19(16-5-2-3-6-18(16)26)29-23-17(25)13-28-31(22)23/h2-3,5-8,11-13,27H,4,9-10,14H2,1H3. The highest BCUT2D eigenvalue weighted by Gasteiger charge is 2.18. The van der Waals surface area contributed by atoms with Crippen LogP contribution in [-0.4, -0.2) is 60.2 Å². The molecular formula is C24H21BClN5O3. The summed E-state index contributed by atoms with van der Waals surface area (Å²) >= 11 is 6.38. The predicted octanol–water partition coefficient (Wildman–Crippen LogP) is 3.15. The Morgan fingerprint density at radius 3 is 2.88 bits per heavy atom. The van der Waals surface area contributed by atoms with Crippen LogP contribution in [-0.2, 0) is 0 Å². The van der Waals surface area contributed by atoms with Crippen molar-refractivity contribution in [3.05, 3.63) is 65.3 Å². The topological polar surface area (TPSA) is 81.0 Å². The molecule has 4 aromatic rings. The molecular weight excluding hydrogens is 453 g/mol. The van der Waals surface area contributed by atoms with E-state index in [2.05, 4.69) is 15.4 Å². The van der Waals surface area contributed by atoms with Crippen molar-refractivity contribution >= 4 is 42.3 Å². The van der Waals surface area contributed by atoms with E-state index in [4.69, 9.17) is 28.9 Å². The van der Waals surface area contributed by atoms with Crippen LogP contribution in [0.4, 0.5) is 5.82 Å². The summed E-state index contributed by atoms with van der Waals surface area (Å²) in [5.74, 6) is 1.91. The first kappa shape index (κ1) is 22.1. The van der Waals surface area contributed by atoms with E-state index in [-0.39, 0.29) is 12.7 Å². The third-order valence-electron chi connectivity index (χ3n) is 5.59. The zero-order valence-corrected chi connectivity index (χ0v) is 19.2. The number of fused-ring (bicyclic) bond motifs is 2. The number of carbonyl (C=O) groups is 1. The van der Waals surface area contributed by atoms with Gasteiger partial charge >= 0.3 is 0 Å². The number of rotatable bonds is 7. The lowest BCUT2D eigenvalue weighted by Crippen LogP contribution is -2.29. The number of ether oxygens (including phenoxy) is 2. The monoisotopic (exact) mass is 473 g/mol. The van der Waals surface area contributed by atoms with Crippen molar-refractivity contribution in [2.45, 2.75) is 6.42 Å².